The first-order valence-electron chi connectivity index (χ1n) is 29.4. The Morgan fingerprint density at radius 2 is 0.829 bits per heavy atom. The zero-order valence-electron chi connectivity index (χ0n) is 43.4. The van der Waals surface area contributed by atoms with Crippen LogP contribution in [0.4, 0.5) is 17.1 Å². The summed E-state index contributed by atoms with van der Waals surface area (Å²) in [7, 11) is 0. The molecule has 0 N–H and O–H groups in total. The summed E-state index contributed by atoms with van der Waals surface area (Å²) in [6, 6.07) is 77.8. The van der Waals surface area contributed by atoms with Gasteiger partial charge in [-0.05, 0) is 254 Å². The summed E-state index contributed by atoms with van der Waals surface area (Å²) in [6.07, 6.45) is 15.7. The second kappa shape index (κ2) is 15.7. The third-order valence-electron chi connectivity index (χ3n) is 22.3. The highest BCUT2D eigenvalue weighted by Crippen LogP contribution is 2.77. The van der Waals surface area contributed by atoms with Crippen LogP contribution in [0.25, 0.3) is 55.6 Å². The van der Waals surface area contributed by atoms with Gasteiger partial charge in [0.05, 0.1) is 11.1 Å². The van der Waals surface area contributed by atoms with E-state index in [-0.39, 0.29) is 5.41 Å². The van der Waals surface area contributed by atoms with Crippen molar-refractivity contribution in [3.63, 3.8) is 0 Å². The normalized spacial score (nSPS) is 28.6. The maximum absolute atomic E-state index is 2.88. The van der Waals surface area contributed by atoms with Gasteiger partial charge in [0.15, 0.2) is 0 Å². The molecule has 7 bridgehead atoms. The van der Waals surface area contributed by atoms with E-state index in [4.69, 9.17) is 0 Å². The van der Waals surface area contributed by atoms with Crippen LogP contribution < -0.4 is 4.90 Å². The Bertz CT molecular complexity index is 3850. The summed E-state index contributed by atoms with van der Waals surface area (Å²) in [6.45, 7) is 0. The van der Waals surface area contributed by atoms with Gasteiger partial charge in [-0.25, -0.2) is 0 Å². The first-order valence-corrected chi connectivity index (χ1v) is 29.4. The fourth-order valence-electron chi connectivity index (χ4n) is 19.0. The monoisotopic (exact) mass is 977 g/mol. The van der Waals surface area contributed by atoms with E-state index in [2.05, 4.69) is 205 Å². The SMILES string of the molecule is c1ccc(-c2ccc(N(c3ccc(-c4ccc5c(c4)C4(c6ccccc6-5)c5cc6c(cc5-c5cc7c(cc54)C4CC5CC8CC7CC85C4)C4CCC(CC5CC6C5)C4)cc3)c3ccccc3-c3ccccc3)cc2)cc1. The molecule has 0 aromatic heterocycles. The van der Waals surface area contributed by atoms with Crippen LogP contribution in [0, 0.1) is 29.1 Å². The molecule has 0 saturated heterocycles. The minimum Gasteiger partial charge on any atom is -0.310 e. The topological polar surface area (TPSA) is 3.24 Å². The molecule has 8 unspecified atom stereocenters. The summed E-state index contributed by atoms with van der Waals surface area (Å²) < 4.78 is 0. The summed E-state index contributed by atoms with van der Waals surface area (Å²) in [5.41, 5.74) is 30.2. The summed E-state index contributed by atoms with van der Waals surface area (Å²) in [5.74, 6) is 6.59. The van der Waals surface area contributed by atoms with Crippen molar-refractivity contribution in [2.75, 3.05) is 4.90 Å². The average molecular weight is 978 g/mol. The molecule has 8 atom stereocenters. The summed E-state index contributed by atoms with van der Waals surface area (Å²) in [5, 5.41) is 0. The molecule has 0 amide bonds. The quantitative estimate of drug-likeness (QED) is 0.160. The number of anilines is 3. The predicted octanol–water partition coefficient (Wildman–Crippen LogP) is 19.7. The highest BCUT2D eigenvalue weighted by Gasteiger charge is 2.66. The highest BCUT2D eigenvalue weighted by molar-refractivity contribution is 5.97. The lowest BCUT2D eigenvalue weighted by Crippen LogP contribution is -2.41. The Hall–Kier alpha value is -7.22. The van der Waals surface area contributed by atoms with E-state index in [1.165, 1.54) is 126 Å². The van der Waals surface area contributed by atoms with E-state index >= 15 is 0 Å². The number of rotatable bonds is 6. The molecule has 1 nitrogen and oxygen atoms in total. The number of fused-ring (bicyclic) bond motifs is 15. The lowest BCUT2D eigenvalue weighted by atomic mass is 9.56. The smallest absolute Gasteiger partial charge is 0.0725 e. The van der Waals surface area contributed by atoms with Gasteiger partial charge < -0.3 is 4.90 Å². The Kier molecular flexibility index (Phi) is 8.87. The van der Waals surface area contributed by atoms with Crippen molar-refractivity contribution in [1.29, 1.82) is 0 Å². The van der Waals surface area contributed by atoms with Crippen LogP contribution in [0.1, 0.15) is 139 Å². The summed E-state index contributed by atoms with van der Waals surface area (Å²) in [4.78, 5) is 2.45. The highest BCUT2D eigenvalue weighted by atomic mass is 15.1. The molecule has 5 fully saturated rings. The Morgan fingerprint density at radius 3 is 1.53 bits per heavy atom. The lowest BCUT2D eigenvalue weighted by molar-refractivity contribution is 0.00322. The van der Waals surface area contributed by atoms with E-state index in [1.807, 2.05) is 0 Å². The molecule has 19 rings (SSSR count). The number of benzene rings is 9. The molecular formula is C75H63N. The Labute approximate surface area is 448 Å². The molecule has 10 aliphatic carbocycles. The van der Waals surface area contributed by atoms with Gasteiger partial charge in [0, 0.05) is 16.9 Å². The largest absolute Gasteiger partial charge is 0.310 e. The molecule has 368 valence electrons. The molecular weight excluding hydrogens is 915 g/mol. The Balaban J connectivity index is 0.813. The molecule has 1 heteroatoms. The standard InChI is InChI=1S/C75H63N/c1-3-11-47(12-4-1)48-21-26-58(27-22-48)76(73-18-10-8-15-60(73)50-13-5-2-6-14-50)59-28-23-49(24-29-59)51-25-30-62-61-16-7-9-17-69(61)75(70(62)37-51)71-41-65-53-33-46(34-53)31-45-19-20-52(32-45)63(65)39-67(71)68-40-64-54-35-56-38-57-36-55(44-74(56,57)43-54)66(64)42-72(68)75/h1-18,21-30,37,39-42,45-46,52-57H,19-20,31-36,38,43-44H2. The average Bonchev–Trinajstić information content (AvgIpc) is 3.83. The molecule has 2 spiro atoms. The van der Waals surface area contributed by atoms with Crippen molar-refractivity contribution in [2.24, 2.45) is 29.1 Å². The predicted molar refractivity (Wildman–Crippen MR) is 312 cm³/mol. The van der Waals surface area contributed by atoms with E-state index in [0.29, 0.717) is 23.2 Å². The van der Waals surface area contributed by atoms with Crippen molar-refractivity contribution < 1.29 is 0 Å². The Morgan fingerprint density at radius 1 is 0.316 bits per heavy atom. The van der Waals surface area contributed by atoms with Crippen LogP contribution in [-0.4, -0.2) is 0 Å². The van der Waals surface area contributed by atoms with Crippen LogP contribution in [0.2, 0.25) is 0 Å². The van der Waals surface area contributed by atoms with Crippen molar-refractivity contribution in [3.05, 3.63) is 245 Å². The fraction of sp³-hybridized carbons (Fsp3) is 0.280. The van der Waals surface area contributed by atoms with Crippen LogP contribution >= 0.6 is 0 Å². The summed E-state index contributed by atoms with van der Waals surface area (Å²) >= 11 is 0. The van der Waals surface area contributed by atoms with Gasteiger partial charge in [0.1, 0.15) is 0 Å². The minimum atomic E-state index is -0.371. The van der Waals surface area contributed by atoms with Gasteiger partial charge in [0.2, 0.25) is 0 Å². The number of hydrogen-bond acceptors (Lipinski definition) is 1. The maximum atomic E-state index is 2.88. The van der Waals surface area contributed by atoms with E-state index in [0.717, 1.165) is 46.7 Å². The lowest BCUT2D eigenvalue weighted by Gasteiger charge is -2.48. The van der Waals surface area contributed by atoms with Gasteiger partial charge in [-0.1, -0.05) is 164 Å². The molecule has 9 aromatic carbocycles. The van der Waals surface area contributed by atoms with E-state index in [9.17, 15) is 0 Å². The van der Waals surface area contributed by atoms with Gasteiger partial charge in [-0.2, -0.15) is 0 Å². The molecule has 5 saturated carbocycles. The van der Waals surface area contributed by atoms with Crippen LogP contribution in [0.3, 0.4) is 0 Å². The molecule has 9 aromatic rings. The van der Waals surface area contributed by atoms with Crippen molar-refractivity contribution in [3.8, 4) is 55.6 Å². The second-order valence-corrected chi connectivity index (χ2v) is 25.6. The van der Waals surface area contributed by atoms with Gasteiger partial charge >= 0.3 is 0 Å². The van der Waals surface area contributed by atoms with Crippen molar-refractivity contribution in [1.82, 2.24) is 0 Å². The van der Waals surface area contributed by atoms with Crippen molar-refractivity contribution in [2.45, 2.75) is 99.7 Å². The minimum absolute atomic E-state index is 0.371. The molecule has 0 heterocycles. The third kappa shape index (κ3) is 5.82. The first kappa shape index (κ1) is 42.9. The van der Waals surface area contributed by atoms with Gasteiger partial charge in [-0.3, -0.25) is 0 Å². The fourth-order valence-corrected chi connectivity index (χ4v) is 19.0. The van der Waals surface area contributed by atoms with Gasteiger partial charge in [0.25, 0.3) is 0 Å². The zero-order chi connectivity index (χ0) is 49.4. The molecule has 0 aliphatic heterocycles. The number of hydrogen-bond donors (Lipinski definition) is 0. The number of nitrogens with zero attached hydrogens (tertiary/aromatic N) is 1. The molecule has 76 heavy (non-hydrogen) atoms. The van der Waals surface area contributed by atoms with Crippen LogP contribution in [0.15, 0.2) is 200 Å². The zero-order valence-corrected chi connectivity index (χ0v) is 43.4. The van der Waals surface area contributed by atoms with Crippen molar-refractivity contribution >= 4 is 17.1 Å². The third-order valence-corrected chi connectivity index (χ3v) is 22.3. The van der Waals surface area contributed by atoms with E-state index < -0.39 is 0 Å². The number of para-hydroxylation sites is 1. The van der Waals surface area contributed by atoms with Gasteiger partial charge in [-0.15, -0.1) is 0 Å². The van der Waals surface area contributed by atoms with E-state index in [1.54, 1.807) is 44.5 Å². The first-order chi connectivity index (χ1) is 37.6. The molecule has 10 aliphatic rings. The van der Waals surface area contributed by atoms with Crippen LogP contribution in [0.5, 0.6) is 0 Å². The van der Waals surface area contributed by atoms with Crippen LogP contribution in [-0.2, 0) is 5.41 Å². The maximum Gasteiger partial charge on any atom is 0.0725 e. The second-order valence-electron chi connectivity index (χ2n) is 25.6. The molecule has 0 radical (unpaired) electrons.